The Labute approximate surface area is 203 Å². The number of hydrogen-bond acceptors (Lipinski definition) is 2. The highest BCUT2D eigenvalue weighted by molar-refractivity contribution is 6.07. The lowest BCUT2D eigenvalue weighted by atomic mass is 9.89. The van der Waals surface area contributed by atoms with Gasteiger partial charge in [0, 0.05) is 29.4 Å². The van der Waals surface area contributed by atoms with Gasteiger partial charge in [0.2, 0.25) is 5.91 Å². The van der Waals surface area contributed by atoms with E-state index in [9.17, 15) is 9.59 Å². The molecular weight excluding hydrogens is 420 g/mol. The van der Waals surface area contributed by atoms with E-state index in [1.807, 2.05) is 88.7 Å². The van der Waals surface area contributed by atoms with Crippen LogP contribution in [0.1, 0.15) is 74.3 Å². The van der Waals surface area contributed by atoms with Crippen LogP contribution in [-0.4, -0.2) is 17.9 Å². The molecule has 4 nitrogen and oxygen atoms in total. The van der Waals surface area contributed by atoms with E-state index in [1.54, 1.807) is 0 Å². The van der Waals surface area contributed by atoms with Gasteiger partial charge in [-0.2, -0.15) is 0 Å². The van der Waals surface area contributed by atoms with E-state index < -0.39 is 0 Å². The van der Waals surface area contributed by atoms with Gasteiger partial charge >= 0.3 is 0 Å². The standard InChI is InChI=1S/C30H34N2O2/c1-3-4-5-12-21-29(33)32(25-17-10-7-11-18-25)28-22-23(2)31(27-20-14-13-19-26(27)28)30(34)24-15-8-6-9-16-24/h6-11,13-20,23,28H,3-5,12,21-22H2,1-2H3/t23-,28-/m1/s1. The summed E-state index contributed by atoms with van der Waals surface area (Å²) in [5, 5.41) is 0. The first kappa shape index (κ1) is 23.7. The first-order valence-corrected chi connectivity index (χ1v) is 12.5. The van der Waals surface area contributed by atoms with Crippen LogP contribution in [0.25, 0.3) is 0 Å². The van der Waals surface area contributed by atoms with Gasteiger partial charge in [-0.1, -0.05) is 80.8 Å². The molecule has 1 heterocycles. The largest absolute Gasteiger partial charge is 0.305 e. The van der Waals surface area contributed by atoms with Crippen molar-refractivity contribution in [2.75, 3.05) is 9.80 Å². The molecule has 0 aromatic heterocycles. The number of para-hydroxylation sites is 2. The van der Waals surface area contributed by atoms with Gasteiger partial charge in [0.25, 0.3) is 5.91 Å². The minimum Gasteiger partial charge on any atom is -0.305 e. The molecule has 3 aromatic rings. The van der Waals surface area contributed by atoms with Crippen molar-refractivity contribution in [2.24, 2.45) is 0 Å². The van der Waals surface area contributed by atoms with Gasteiger partial charge in [0.05, 0.1) is 6.04 Å². The summed E-state index contributed by atoms with van der Waals surface area (Å²) < 4.78 is 0. The SMILES string of the molecule is CCCCCCC(=O)N(c1ccccc1)[C@@H]1C[C@@H](C)N(C(=O)c2ccccc2)c2ccccc21. The lowest BCUT2D eigenvalue weighted by Crippen LogP contribution is -2.47. The molecular formula is C30H34N2O2. The molecule has 3 aromatic carbocycles. The second kappa shape index (κ2) is 11.1. The van der Waals surface area contributed by atoms with Crippen LogP contribution in [0, 0.1) is 0 Å². The zero-order valence-electron chi connectivity index (χ0n) is 20.2. The zero-order valence-corrected chi connectivity index (χ0v) is 20.2. The maximum Gasteiger partial charge on any atom is 0.258 e. The van der Waals surface area contributed by atoms with Gasteiger partial charge in [0.15, 0.2) is 0 Å². The lowest BCUT2D eigenvalue weighted by Gasteiger charge is -2.43. The van der Waals surface area contributed by atoms with Crippen molar-refractivity contribution < 1.29 is 9.59 Å². The number of rotatable bonds is 8. The van der Waals surface area contributed by atoms with Crippen molar-refractivity contribution >= 4 is 23.2 Å². The van der Waals surface area contributed by atoms with Gasteiger partial charge in [-0.15, -0.1) is 0 Å². The maximum atomic E-state index is 13.6. The number of hydrogen-bond donors (Lipinski definition) is 0. The lowest BCUT2D eigenvalue weighted by molar-refractivity contribution is -0.119. The van der Waals surface area contributed by atoms with Crippen LogP contribution in [0.5, 0.6) is 0 Å². The van der Waals surface area contributed by atoms with Crippen LogP contribution in [-0.2, 0) is 4.79 Å². The van der Waals surface area contributed by atoms with Gasteiger partial charge in [-0.3, -0.25) is 9.59 Å². The Kier molecular flexibility index (Phi) is 7.79. The average molecular weight is 455 g/mol. The predicted molar refractivity (Wildman–Crippen MR) is 139 cm³/mol. The Morgan fingerprint density at radius 2 is 1.50 bits per heavy atom. The van der Waals surface area contributed by atoms with Crippen LogP contribution in [0.15, 0.2) is 84.9 Å². The van der Waals surface area contributed by atoms with E-state index in [0.29, 0.717) is 18.4 Å². The topological polar surface area (TPSA) is 40.6 Å². The van der Waals surface area contributed by atoms with E-state index in [-0.39, 0.29) is 23.9 Å². The normalized spacial score (nSPS) is 17.2. The molecule has 1 aliphatic rings. The summed E-state index contributed by atoms with van der Waals surface area (Å²) in [4.78, 5) is 31.0. The highest BCUT2D eigenvalue weighted by Crippen LogP contribution is 2.43. The molecule has 4 rings (SSSR count). The van der Waals surface area contributed by atoms with E-state index in [1.165, 1.54) is 0 Å². The Morgan fingerprint density at radius 3 is 2.21 bits per heavy atom. The molecule has 34 heavy (non-hydrogen) atoms. The summed E-state index contributed by atoms with van der Waals surface area (Å²) in [5.41, 5.74) is 3.50. The summed E-state index contributed by atoms with van der Waals surface area (Å²) in [7, 11) is 0. The number of carbonyl (C=O) groups excluding carboxylic acids is 2. The quantitative estimate of drug-likeness (QED) is 0.339. The molecule has 0 fully saturated rings. The molecule has 0 bridgehead atoms. The zero-order chi connectivity index (χ0) is 23.9. The fourth-order valence-corrected chi connectivity index (χ4v) is 4.97. The highest BCUT2D eigenvalue weighted by atomic mass is 16.2. The van der Waals surface area contributed by atoms with Crippen LogP contribution < -0.4 is 9.80 Å². The third-order valence-electron chi connectivity index (χ3n) is 6.66. The third kappa shape index (κ3) is 5.06. The van der Waals surface area contributed by atoms with Crippen molar-refractivity contribution in [2.45, 2.75) is 64.5 Å². The van der Waals surface area contributed by atoms with Gasteiger partial charge in [0.1, 0.15) is 0 Å². The molecule has 0 radical (unpaired) electrons. The van der Waals surface area contributed by atoms with E-state index in [4.69, 9.17) is 0 Å². The Morgan fingerprint density at radius 1 is 0.853 bits per heavy atom. The Hall–Kier alpha value is -3.40. The first-order chi connectivity index (χ1) is 16.6. The maximum absolute atomic E-state index is 13.6. The van der Waals surface area contributed by atoms with Crippen molar-refractivity contribution in [1.82, 2.24) is 0 Å². The molecule has 176 valence electrons. The number of carbonyl (C=O) groups is 2. The molecule has 2 amide bonds. The van der Waals surface area contributed by atoms with Crippen LogP contribution in [0.2, 0.25) is 0 Å². The van der Waals surface area contributed by atoms with Gasteiger partial charge in [-0.05, 0) is 55.7 Å². The smallest absolute Gasteiger partial charge is 0.258 e. The number of benzene rings is 3. The summed E-state index contributed by atoms with van der Waals surface area (Å²) >= 11 is 0. The third-order valence-corrected chi connectivity index (χ3v) is 6.66. The minimum atomic E-state index is -0.118. The van der Waals surface area contributed by atoms with Crippen molar-refractivity contribution in [3.8, 4) is 0 Å². The number of amides is 2. The molecule has 0 spiro atoms. The molecule has 2 atom stereocenters. The minimum absolute atomic E-state index is 0.00356. The van der Waals surface area contributed by atoms with Crippen LogP contribution in [0.4, 0.5) is 11.4 Å². The summed E-state index contributed by atoms with van der Waals surface area (Å²) in [6.45, 7) is 4.26. The fraction of sp³-hybridized carbons (Fsp3) is 0.333. The van der Waals surface area contributed by atoms with E-state index >= 15 is 0 Å². The average Bonchev–Trinajstić information content (AvgIpc) is 2.88. The Bertz CT molecular complexity index is 1100. The monoisotopic (exact) mass is 454 g/mol. The van der Waals surface area contributed by atoms with Crippen LogP contribution in [0.3, 0.4) is 0 Å². The van der Waals surface area contributed by atoms with Crippen molar-refractivity contribution in [3.63, 3.8) is 0 Å². The second-order valence-corrected chi connectivity index (χ2v) is 9.11. The Balaban J connectivity index is 1.70. The highest BCUT2D eigenvalue weighted by Gasteiger charge is 2.38. The van der Waals surface area contributed by atoms with E-state index in [2.05, 4.69) is 19.9 Å². The van der Waals surface area contributed by atoms with Crippen LogP contribution >= 0.6 is 0 Å². The fourth-order valence-electron chi connectivity index (χ4n) is 4.97. The number of anilines is 2. The summed E-state index contributed by atoms with van der Waals surface area (Å²) in [6, 6.07) is 27.3. The molecule has 0 saturated carbocycles. The molecule has 1 aliphatic heterocycles. The molecule has 0 saturated heterocycles. The molecule has 0 unspecified atom stereocenters. The van der Waals surface area contributed by atoms with Gasteiger partial charge < -0.3 is 9.80 Å². The summed E-state index contributed by atoms with van der Waals surface area (Å²) in [5.74, 6) is 0.147. The molecule has 4 heteroatoms. The molecule has 0 aliphatic carbocycles. The van der Waals surface area contributed by atoms with Crippen molar-refractivity contribution in [1.29, 1.82) is 0 Å². The number of nitrogens with zero attached hydrogens (tertiary/aromatic N) is 2. The molecule has 0 N–H and O–H groups in total. The number of fused-ring (bicyclic) bond motifs is 1. The van der Waals surface area contributed by atoms with Gasteiger partial charge in [-0.25, -0.2) is 0 Å². The predicted octanol–water partition coefficient (Wildman–Crippen LogP) is 7.17. The van der Waals surface area contributed by atoms with E-state index in [0.717, 1.165) is 42.6 Å². The number of unbranched alkanes of at least 4 members (excludes halogenated alkanes) is 3. The van der Waals surface area contributed by atoms with Crippen molar-refractivity contribution in [3.05, 3.63) is 96.1 Å². The second-order valence-electron chi connectivity index (χ2n) is 9.11. The summed E-state index contributed by atoms with van der Waals surface area (Å²) in [6.07, 6.45) is 5.49. The first-order valence-electron chi connectivity index (χ1n) is 12.5.